The summed E-state index contributed by atoms with van der Waals surface area (Å²) in [5.41, 5.74) is -0.0511. The van der Waals surface area contributed by atoms with Gasteiger partial charge < -0.3 is 14.8 Å². The first-order valence-corrected chi connectivity index (χ1v) is 10.1. The van der Waals surface area contributed by atoms with Gasteiger partial charge in [-0.1, -0.05) is 23.2 Å². The molecule has 0 radical (unpaired) electrons. The van der Waals surface area contributed by atoms with E-state index in [-0.39, 0.29) is 27.0 Å². The standard InChI is InChI=1S/C19H14Cl2IN3O5/c1-3-30-16-6-10(5-15(22)18(16)29-2)4-11(9-23)19(26)24-17-13(20)7-12(25(27)28)8-14(17)21/h4-8H,3H2,1-2H3,(H,24,26)/b11-4+. The number of nitrogens with one attached hydrogen (secondary N) is 1. The summed E-state index contributed by atoms with van der Waals surface area (Å²) in [5, 5.41) is 22.5. The Morgan fingerprint density at radius 3 is 2.47 bits per heavy atom. The van der Waals surface area contributed by atoms with Crippen molar-refractivity contribution >= 4 is 69.2 Å². The van der Waals surface area contributed by atoms with Crippen molar-refractivity contribution in [3.8, 4) is 17.6 Å². The molecule has 2 aromatic carbocycles. The van der Waals surface area contributed by atoms with Gasteiger partial charge in [-0.05, 0) is 53.3 Å². The van der Waals surface area contributed by atoms with E-state index in [2.05, 4.69) is 27.9 Å². The Morgan fingerprint density at radius 2 is 1.97 bits per heavy atom. The lowest BCUT2D eigenvalue weighted by Crippen LogP contribution is -2.14. The van der Waals surface area contributed by atoms with Gasteiger partial charge in [0.25, 0.3) is 11.6 Å². The number of hydrogen-bond acceptors (Lipinski definition) is 6. The highest BCUT2D eigenvalue weighted by atomic mass is 127. The fourth-order valence-electron chi connectivity index (χ4n) is 2.41. The second-order valence-electron chi connectivity index (χ2n) is 5.63. The van der Waals surface area contributed by atoms with E-state index < -0.39 is 10.8 Å². The first-order valence-electron chi connectivity index (χ1n) is 8.28. The third-order valence-electron chi connectivity index (χ3n) is 3.69. The molecule has 0 spiro atoms. The summed E-state index contributed by atoms with van der Waals surface area (Å²) in [6.45, 7) is 2.23. The van der Waals surface area contributed by atoms with Crippen molar-refractivity contribution in [2.45, 2.75) is 6.92 Å². The minimum atomic E-state index is -0.779. The van der Waals surface area contributed by atoms with E-state index in [0.717, 1.165) is 15.7 Å². The average Bonchev–Trinajstić information content (AvgIpc) is 2.68. The maximum atomic E-state index is 12.6. The van der Waals surface area contributed by atoms with Crippen LogP contribution in [0.1, 0.15) is 12.5 Å². The van der Waals surface area contributed by atoms with Crippen LogP contribution in [-0.4, -0.2) is 24.5 Å². The maximum absolute atomic E-state index is 12.6. The van der Waals surface area contributed by atoms with Gasteiger partial charge in [-0.15, -0.1) is 0 Å². The summed E-state index contributed by atoms with van der Waals surface area (Å²) in [6.07, 6.45) is 1.37. The van der Waals surface area contributed by atoms with Gasteiger partial charge in [0.1, 0.15) is 11.6 Å². The van der Waals surface area contributed by atoms with Crippen molar-refractivity contribution in [2.24, 2.45) is 0 Å². The van der Waals surface area contributed by atoms with Gasteiger partial charge in [-0.3, -0.25) is 14.9 Å². The molecule has 11 heteroatoms. The Balaban J connectivity index is 2.39. The first-order chi connectivity index (χ1) is 14.2. The second kappa shape index (κ2) is 10.5. The number of non-ortho nitro benzene ring substituents is 1. The van der Waals surface area contributed by atoms with Crippen molar-refractivity contribution in [3.63, 3.8) is 0 Å². The molecule has 156 valence electrons. The highest BCUT2D eigenvalue weighted by Gasteiger charge is 2.19. The summed E-state index contributed by atoms with van der Waals surface area (Å²) < 4.78 is 11.6. The van der Waals surface area contributed by atoms with Gasteiger partial charge in [0.2, 0.25) is 0 Å². The number of halogens is 3. The van der Waals surface area contributed by atoms with Gasteiger partial charge in [0, 0.05) is 12.1 Å². The van der Waals surface area contributed by atoms with Crippen LogP contribution in [0.3, 0.4) is 0 Å². The maximum Gasteiger partial charge on any atom is 0.272 e. The fourth-order valence-corrected chi connectivity index (χ4v) is 3.83. The van der Waals surface area contributed by atoms with Crippen molar-refractivity contribution in [3.05, 3.63) is 59.1 Å². The fraction of sp³-hybridized carbons (Fsp3) is 0.158. The van der Waals surface area contributed by atoms with Crippen molar-refractivity contribution in [1.82, 2.24) is 0 Å². The van der Waals surface area contributed by atoms with Gasteiger partial charge in [0.05, 0.1) is 37.9 Å². The smallest absolute Gasteiger partial charge is 0.272 e. The second-order valence-corrected chi connectivity index (χ2v) is 7.61. The van der Waals surface area contributed by atoms with Crippen LogP contribution in [0.2, 0.25) is 10.0 Å². The van der Waals surface area contributed by atoms with E-state index in [0.29, 0.717) is 23.7 Å². The number of anilines is 1. The molecule has 2 aromatic rings. The third-order valence-corrected chi connectivity index (χ3v) is 5.09. The summed E-state index contributed by atoms with van der Waals surface area (Å²) in [6, 6.07) is 7.29. The molecule has 0 atom stereocenters. The normalized spacial score (nSPS) is 10.9. The molecule has 0 saturated heterocycles. The number of carbonyl (C=O) groups is 1. The molecule has 0 unspecified atom stereocenters. The van der Waals surface area contributed by atoms with E-state index in [1.165, 1.54) is 13.2 Å². The van der Waals surface area contributed by atoms with Crippen molar-refractivity contribution in [1.29, 1.82) is 5.26 Å². The minimum absolute atomic E-state index is 0.0330. The Bertz CT molecular complexity index is 1060. The zero-order valence-corrected chi connectivity index (χ0v) is 19.3. The number of amides is 1. The molecule has 0 aliphatic rings. The molecule has 30 heavy (non-hydrogen) atoms. The molecule has 0 aliphatic carbocycles. The van der Waals surface area contributed by atoms with E-state index in [4.69, 9.17) is 32.7 Å². The molecule has 1 N–H and O–H groups in total. The molecule has 0 bridgehead atoms. The summed E-state index contributed by atoms with van der Waals surface area (Å²) in [5.74, 6) is 0.234. The monoisotopic (exact) mass is 561 g/mol. The summed E-state index contributed by atoms with van der Waals surface area (Å²) >= 11 is 14.1. The predicted molar refractivity (Wildman–Crippen MR) is 122 cm³/mol. The number of nitrogens with zero attached hydrogens (tertiary/aromatic N) is 2. The lowest BCUT2D eigenvalue weighted by molar-refractivity contribution is -0.384. The number of nitro groups is 1. The molecule has 0 fully saturated rings. The molecule has 0 aromatic heterocycles. The Kier molecular flexibility index (Phi) is 8.28. The Hall–Kier alpha value is -2.55. The van der Waals surface area contributed by atoms with Gasteiger partial charge in [-0.25, -0.2) is 0 Å². The summed E-state index contributed by atoms with van der Waals surface area (Å²) in [7, 11) is 1.52. The zero-order chi connectivity index (χ0) is 22.4. The molecule has 0 aliphatic heterocycles. The number of rotatable bonds is 7. The van der Waals surface area contributed by atoms with E-state index in [9.17, 15) is 20.2 Å². The van der Waals surface area contributed by atoms with Crippen LogP contribution >= 0.6 is 45.8 Å². The molecule has 0 heterocycles. The van der Waals surface area contributed by atoms with Crippen molar-refractivity contribution in [2.75, 3.05) is 19.0 Å². The molecular formula is C19H14Cl2IN3O5. The number of nitro benzene ring substituents is 1. The number of carbonyl (C=O) groups excluding carboxylic acids is 1. The number of benzene rings is 2. The number of hydrogen-bond donors (Lipinski definition) is 1. The average molecular weight is 562 g/mol. The quantitative estimate of drug-likeness (QED) is 0.158. The molecule has 1 amide bonds. The Labute approximate surface area is 195 Å². The van der Waals surface area contributed by atoms with Crippen LogP contribution in [0.5, 0.6) is 11.5 Å². The van der Waals surface area contributed by atoms with Crippen LogP contribution in [-0.2, 0) is 4.79 Å². The molecule has 0 saturated carbocycles. The van der Waals surface area contributed by atoms with E-state index in [1.54, 1.807) is 12.1 Å². The van der Waals surface area contributed by atoms with Crippen LogP contribution in [0.15, 0.2) is 29.8 Å². The summed E-state index contributed by atoms with van der Waals surface area (Å²) in [4.78, 5) is 22.8. The Morgan fingerprint density at radius 1 is 1.33 bits per heavy atom. The van der Waals surface area contributed by atoms with Gasteiger partial charge in [-0.2, -0.15) is 5.26 Å². The SMILES string of the molecule is CCOc1cc(/C=C(\C#N)C(=O)Nc2c(Cl)cc([N+](=O)[O-])cc2Cl)cc(I)c1OC. The van der Waals surface area contributed by atoms with Crippen LogP contribution in [0.25, 0.3) is 6.08 Å². The molecular weight excluding hydrogens is 548 g/mol. The number of nitriles is 1. The lowest BCUT2D eigenvalue weighted by atomic mass is 10.1. The predicted octanol–water partition coefficient (Wildman–Crippen LogP) is 5.46. The van der Waals surface area contributed by atoms with Crippen LogP contribution < -0.4 is 14.8 Å². The van der Waals surface area contributed by atoms with Gasteiger partial charge in [0.15, 0.2) is 11.5 Å². The van der Waals surface area contributed by atoms with E-state index in [1.807, 2.05) is 13.0 Å². The first kappa shape index (κ1) is 23.7. The minimum Gasteiger partial charge on any atom is -0.492 e. The van der Waals surface area contributed by atoms with Crippen LogP contribution in [0.4, 0.5) is 11.4 Å². The topological polar surface area (TPSA) is 114 Å². The number of ether oxygens (including phenoxy) is 2. The highest BCUT2D eigenvalue weighted by molar-refractivity contribution is 14.1. The van der Waals surface area contributed by atoms with Crippen molar-refractivity contribution < 1.29 is 19.2 Å². The zero-order valence-electron chi connectivity index (χ0n) is 15.7. The van der Waals surface area contributed by atoms with E-state index >= 15 is 0 Å². The number of methoxy groups -OCH3 is 1. The largest absolute Gasteiger partial charge is 0.492 e. The lowest BCUT2D eigenvalue weighted by Gasteiger charge is -2.12. The van der Waals surface area contributed by atoms with Gasteiger partial charge >= 0.3 is 0 Å². The highest BCUT2D eigenvalue weighted by Crippen LogP contribution is 2.36. The molecule has 2 rings (SSSR count). The molecule has 8 nitrogen and oxygen atoms in total. The third kappa shape index (κ3) is 5.53. The van der Waals surface area contributed by atoms with Crippen LogP contribution in [0, 0.1) is 25.0 Å².